The number of rotatable bonds is 5. The lowest BCUT2D eigenvalue weighted by molar-refractivity contribution is -0.138. The molecule has 5 heteroatoms. The zero-order valence-electron chi connectivity index (χ0n) is 10.7. The van der Waals surface area contributed by atoms with Crippen LogP contribution in [0.25, 0.3) is 0 Å². The van der Waals surface area contributed by atoms with Crippen LogP contribution in [0, 0.1) is 5.82 Å². The van der Waals surface area contributed by atoms with Crippen molar-refractivity contribution in [1.82, 2.24) is 0 Å². The minimum Gasteiger partial charge on any atom is -0.468 e. The van der Waals surface area contributed by atoms with E-state index in [9.17, 15) is 14.0 Å². The zero-order valence-corrected chi connectivity index (χ0v) is 10.7. The third kappa shape index (κ3) is 3.29. The molecular weight excluding hydrogens is 237 g/mol. The van der Waals surface area contributed by atoms with Gasteiger partial charge in [-0.05, 0) is 32.0 Å². The Kier molecular flexibility index (Phi) is 4.83. The maximum absolute atomic E-state index is 13.9. The van der Waals surface area contributed by atoms with Crippen molar-refractivity contribution in [2.45, 2.75) is 13.8 Å². The quantitative estimate of drug-likeness (QED) is 0.595. The average Bonchev–Trinajstić information content (AvgIpc) is 2.35. The molecule has 0 aromatic heterocycles. The van der Waals surface area contributed by atoms with Gasteiger partial charge in [-0.3, -0.25) is 9.59 Å². The van der Waals surface area contributed by atoms with E-state index in [1.165, 1.54) is 26.2 Å². The van der Waals surface area contributed by atoms with Crippen molar-refractivity contribution in [3.05, 3.63) is 29.6 Å². The van der Waals surface area contributed by atoms with Crippen molar-refractivity contribution in [3.8, 4) is 0 Å². The second-order valence-corrected chi connectivity index (χ2v) is 3.81. The molecule has 0 heterocycles. The molecule has 0 bridgehead atoms. The number of ketones is 1. The van der Waals surface area contributed by atoms with E-state index in [4.69, 9.17) is 0 Å². The highest BCUT2D eigenvalue weighted by atomic mass is 19.1. The summed E-state index contributed by atoms with van der Waals surface area (Å²) in [5.41, 5.74) is 0.596. The van der Waals surface area contributed by atoms with Crippen LogP contribution in [0.3, 0.4) is 0 Å². The molecule has 1 aromatic carbocycles. The fourth-order valence-electron chi connectivity index (χ4n) is 1.57. The molecule has 0 N–H and O–H groups in total. The van der Waals surface area contributed by atoms with Crippen LogP contribution < -0.4 is 4.90 Å². The summed E-state index contributed by atoms with van der Waals surface area (Å²) in [4.78, 5) is 23.9. The number of likely N-dealkylation sites (N-methyl/N-ethyl adjacent to an activating group) is 1. The van der Waals surface area contributed by atoms with Gasteiger partial charge in [0.25, 0.3) is 0 Å². The summed E-state index contributed by atoms with van der Waals surface area (Å²) in [6.07, 6.45) is 0. The summed E-state index contributed by atoms with van der Waals surface area (Å²) in [5.74, 6) is -1.16. The van der Waals surface area contributed by atoms with Crippen LogP contribution >= 0.6 is 0 Å². The SMILES string of the molecule is CCN(CC(=O)OC)c1ccc(C(C)=O)cc1F. The number of anilines is 1. The largest absolute Gasteiger partial charge is 0.468 e. The first kappa shape index (κ1) is 14.2. The van der Waals surface area contributed by atoms with Gasteiger partial charge in [-0.2, -0.15) is 0 Å². The van der Waals surface area contributed by atoms with Crippen LogP contribution in [0.4, 0.5) is 10.1 Å². The Bertz CT molecular complexity index is 460. The topological polar surface area (TPSA) is 46.6 Å². The highest BCUT2D eigenvalue weighted by molar-refractivity contribution is 5.94. The standard InChI is InChI=1S/C13H16FNO3/c1-4-15(8-13(17)18-3)12-6-5-10(9(2)16)7-11(12)14/h5-7H,4,8H2,1-3H3. The Morgan fingerprint density at radius 3 is 2.50 bits per heavy atom. The van der Waals surface area contributed by atoms with Gasteiger partial charge in [0.1, 0.15) is 12.4 Å². The Labute approximate surface area is 105 Å². The van der Waals surface area contributed by atoms with E-state index >= 15 is 0 Å². The zero-order chi connectivity index (χ0) is 13.7. The number of ether oxygens (including phenoxy) is 1. The lowest BCUT2D eigenvalue weighted by atomic mass is 10.1. The van der Waals surface area contributed by atoms with Crippen molar-refractivity contribution in [3.63, 3.8) is 0 Å². The highest BCUT2D eigenvalue weighted by Crippen LogP contribution is 2.20. The van der Waals surface area contributed by atoms with Crippen LogP contribution in [-0.2, 0) is 9.53 Å². The van der Waals surface area contributed by atoms with Gasteiger partial charge in [0, 0.05) is 12.1 Å². The molecule has 0 saturated heterocycles. The monoisotopic (exact) mass is 253 g/mol. The van der Waals surface area contributed by atoms with E-state index in [2.05, 4.69) is 4.74 Å². The number of methoxy groups -OCH3 is 1. The molecule has 0 radical (unpaired) electrons. The van der Waals surface area contributed by atoms with E-state index < -0.39 is 11.8 Å². The van der Waals surface area contributed by atoms with Gasteiger partial charge >= 0.3 is 5.97 Å². The molecule has 0 atom stereocenters. The summed E-state index contributed by atoms with van der Waals surface area (Å²) in [5, 5.41) is 0. The van der Waals surface area contributed by atoms with Crippen LogP contribution in [-0.4, -0.2) is 32.0 Å². The molecule has 0 unspecified atom stereocenters. The number of nitrogens with zero attached hydrogens (tertiary/aromatic N) is 1. The molecule has 4 nitrogen and oxygen atoms in total. The molecule has 1 aromatic rings. The summed E-state index contributed by atoms with van der Waals surface area (Å²) >= 11 is 0. The number of Topliss-reactive ketones (excluding diaryl/α,β-unsaturated/α-hetero) is 1. The van der Waals surface area contributed by atoms with Crippen molar-refractivity contribution >= 4 is 17.4 Å². The third-order valence-electron chi connectivity index (χ3n) is 2.62. The van der Waals surface area contributed by atoms with Crippen LogP contribution in [0.2, 0.25) is 0 Å². The summed E-state index contributed by atoms with van der Waals surface area (Å²) < 4.78 is 18.4. The third-order valence-corrected chi connectivity index (χ3v) is 2.62. The lowest BCUT2D eigenvalue weighted by Gasteiger charge is -2.22. The molecule has 0 aliphatic heterocycles. The fraction of sp³-hybridized carbons (Fsp3) is 0.385. The lowest BCUT2D eigenvalue weighted by Crippen LogP contribution is -2.31. The van der Waals surface area contributed by atoms with E-state index in [1.807, 2.05) is 0 Å². The predicted molar refractivity (Wildman–Crippen MR) is 66.3 cm³/mol. The number of hydrogen-bond acceptors (Lipinski definition) is 4. The average molecular weight is 253 g/mol. The van der Waals surface area contributed by atoms with Gasteiger partial charge in [-0.15, -0.1) is 0 Å². The molecule has 0 fully saturated rings. The first-order valence-corrected chi connectivity index (χ1v) is 5.61. The van der Waals surface area contributed by atoms with Gasteiger partial charge in [0.15, 0.2) is 5.78 Å². The number of esters is 1. The maximum Gasteiger partial charge on any atom is 0.325 e. The van der Waals surface area contributed by atoms with Crippen LogP contribution in [0.1, 0.15) is 24.2 Å². The Hall–Kier alpha value is -1.91. The van der Waals surface area contributed by atoms with E-state index in [-0.39, 0.29) is 18.0 Å². The molecular formula is C13H16FNO3. The normalized spacial score (nSPS) is 10.0. The molecule has 0 saturated carbocycles. The molecule has 0 aliphatic rings. The molecule has 18 heavy (non-hydrogen) atoms. The number of hydrogen-bond donors (Lipinski definition) is 0. The first-order valence-electron chi connectivity index (χ1n) is 5.61. The molecule has 0 amide bonds. The maximum atomic E-state index is 13.9. The smallest absolute Gasteiger partial charge is 0.325 e. The highest BCUT2D eigenvalue weighted by Gasteiger charge is 2.15. The van der Waals surface area contributed by atoms with Crippen molar-refractivity contribution in [1.29, 1.82) is 0 Å². The number of benzene rings is 1. The Balaban J connectivity index is 3.00. The van der Waals surface area contributed by atoms with Crippen molar-refractivity contribution in [2.24, 2.45) is 0 Å². The minimum absolute atomic E-state index is 0.0245. The summed E-state index contributed by atoms with van der Waals surface area (Å²) in [6, 6.07) is 4.22. The van der Waals surface area contributed by atoms with Crippen molar-refractivity contribution in [2.75, 3.05) is 25.1 Å². The minimum atomic E-state index is -0.520. The van der Waals surface area contributed by atoms with E-state index in [0.29, 0.717) is 12.1 Å². The van der Waals surface area contributed by atoms with E-state index in [0.717, 1.165) is 0 Å². The van der Waals surface area contributed by atoms with Gasteiger partial charge in [-0.1, -0.05) is 0 Å². The fourth-order valence-corrected chi connectivity index (χ4v) is 1.57. The Morgan fingerprint density at radius 1 is 1.39 bits per heavy atom. The van der Waals surface area contributed by atoms with Crippen LogP contribution in [0.5, 0.6) is 0 Å². The molecule has 98 valence electrons. The molecule has 1 rings (SSSR count). The van der Waals surface area contributed by atoms with Gasteiger partial charge < -0.3 is 9.64 Å². The van der Waals surface area contributed by atoms with Crippen LogP contribution in [0.15, 0.2) is 18.2 Å². The predicted octanol–water partition coefficient (Wildman–Crippen LogP) is 2.03. The first-order chi connectivity index (χ1) is 8.49. The second-order valence-electron chi connectivity index (χ2n) is 3.81. The van der Waals surface area contributed by atoms with Gasteiger partial charge in [-0.25, -0.2) is 4.39 Å². The van der Waals surface area contributed by atoms with Gasteiger partial charge in [0.05, 0.1) is 12.8 Å². The molecule has 0 spiro atoms. The number of carbonyl (C=O) groups excluding carboxylic acids is 2. The number of carbonyl (C=O) groups is 2. The summed E-state index contributed by atoms with van der Waals surface area (Å²) in [6.45, 7) is 3.62. The number of halogens is 1. The Morgan fingerprint density at radius 2 is 2.06 bits per heavy atom. The molecule has 0 aliphatic carbocycles. The van der Waals surface area contributed by atoms with Crippen molar-refractivity contribution < 1.29 is 18.7 Å². The summed E-state index contributed by atoms with van der Waals surface area (Å²) in [7, 11) is 1.28. The van der Waals surface area contributed by atoms with E-state index in [1.54, 1.807) is 17.9 Å². The second kappa shape index (κ2) is 6.14. The van der Waals surface area contributed by atoms with Gasteiger partial charge in [0.2, 0.25) is 0 Å².